The quantitative estimate of drug-likeness (QED) is 0.114. The first-order chi connectivity index (χ1) is 25.0. The van der Waals surface area contributed by atoms with Gasteiger partial charge < -0.3 is 4.74 Å². The van der Waals surface area contributed by atoms with Crippen molar-refractivity contribution in [2.45, 2.75) is 64.8 Å². The fourth-order valence-electron chi connectivity index (χ4n) is 7.04. The topological polar surface area (TPSA) is 109 Å². The summed E-state index contributed by atoms with van der Waals surface area (Å²) in [5, 5.41) is 16.5. The fourth-order valence-corrected chi connectivity index (χ4v) is 8.75. The molecular weight excluding hydrogens is 778 g/mol. The molecule has 0 radical (unpaired) electrons. The van der Waals surface area contributed by atoms with E-state index in [1.165, 1.54) is 35.3 Å². The molecule has 2 aliphatic carbocycles. The van der Waals surface area contributed by atoms with E-state index in [0.717, 1.165) is 81.4 Å². The Kier molecular flexibility index (Phi) is 14.8. The van der Waals surface area contributed by atoms with Crippen LogP contribution in [0.4, 0.5) is 0 Å². The normalized spacial score (nSPS) is 23.2. The maximum absolute atomic E-state index is 13.7. The molecule has 0 spiro atoms. The first-order valence-electron chi connectivity index (χ1n) is 18.2. The predicted molar refractivity (Wildman–Crippen MR) is 211 cm³/mol. The molecule has 52 heavy (non-hydrogen) atoms. The van der Waals surface area contributed by atoms with Gasteiger partial charge in [-0.1, -0.05) is 0 Å². The zero-order valence-corrected chi connectivity index (χ0v) is 35.3. The monoisotopic (exact) mass is 830 g/mol. The number of nitrogens with one attached hydrogen (secondary N) is 2. The van der Waals surface area contributed by atoms with Crippen molar-refractivity contribution >= 4 is 39.0 Å². The molecule has 4 aliphatic rings. The van der Waals surface area contributed by atoms with E-state index in [4.69, 9.17) is 14.5 Å². The van der Waals surface area contributed by atoms with Gasteiger partial charge in [0.2, 0.25) is 0 Å². The van der Waals surface area contributed by atoms with Gasteiger partial charge in [-0.3, -0.25) is 0 Å². The summed E-state index contributed by atoms with van der Waals surface area (Å²) >= 11 is 6.20. The molecule has 2 aliphatic heterocycles. The van der Waals surface area contributed by atoms with E-state index in [-0.39, 0.29) is 0 Å². The van der Waals surface area contributed by atoms with Gasteiger partial charge in [0.1, 0.15) is 0 Å². The minimum absolute atomic E-state index is 0.526. The number of allylic oxidation sites excluding steroid dienone is 10. The molecule has 0 aromatic carbocycles. The molecule has 1 atom stereocenters. The standard InChI is InChI=1S/C38H53BrN8O3P.V/c1-7-28-24-33(36(49-4)16-10-15-35(28)47-18-11-13-30(17-19-47)46-20-22-50-23-21-46)40-27-41-38(31(39)8-2)43-32-14-9-12-29(25-37(32)51(5,6)48)34-26-42-45(3)44-34;/h9,14-15,24-26,30,40H,7,10-13,16-23H2,1-6H3,(H,41,43);/q-1;/b28-24?,35-15?,36-33-;. The van der Waals surface area contributed by atoms with Crippen LogP contribution >= 0.6 is 23.1 Å². The number of methoxy groups -OCH3 is 1. The third-order valence-corrected chi connectivity index (χ3v) is 12.4. The van der Waals surface area contributed by atoms with Crippen molar-refractivity contribution < 1.29 is 31.0 Å². The van der Waals surface area contributed by atoms with Crippen LogP contribution in [0.2, 0.25) is 0 Å². The number of morpholine rings is 1. The molecule has 1 aromatic heterocycles. The van der Waals surface area contributed by atoms with Crippen molar-refractivity contribution in [1.29, 1.82) is 0 Å². The van der Waals surface area contributed by atoms with Gasteiger partial charge in [0.25, 0.3) is 0 Å². The average molecular weight is 832 g/mol. The molecule has 1 aromatic rings. The molecule has 0 saturated carbocycles. The second kappa shape index (κ2) is 19.0. The van der Waals surface area contributed by atoms with Crippen LogP contribution in [0.5, 0.6) is 0 Å². The van der Waals surface area contributed by atoms with Gasteiger partial charge in [-0.15, -0.1) is 0 Å². The molecule has 2 N–H and O–H groups in total. The van der Waals surface area contributed by atoms with Gasteiger partial charge in [-0.05, 0) is 0 Å². The van der Waals surface area contributed by atoms with Crippen LogP contribution < -0.4 is 10.6 Å². The summed E-state index contributed by atoms with van der Waals surface area (Å²) in [4.78, 5) is 11.8. The Morgan fingerprint density at radius 2 is 1.96 bits per heavy atom. The van der Waals surface area contributed by atoms with Crippen molar-refractivity contribution in [2.24, 2.45) is 12.0 Å². The number of aromatic nitrogens is 3. The number of rotatable bonds is 11. The van der Waals surface area contributed by atoms with Crippen LogP contribution in [0, 0.1) is 6.08 Å². The third-order valence-electron chi connectivity index (χ3n) is 9.75. The molecule has 2 saturated heterocycles. The van der Waals surface area contributed by atoms with E-state index in [1.807, 2.05) is 25.2 Å². The summed E-state index contributed by atoms with van der Waals surface area (Å²) in [6, 6.07) is 0.622. The molecule has 1 unspecified atom stereocenters. The van der Waals surface area contributed by atoms with Gasteiger partial charge >= 0.3 is 311 Å². The zero-order valence-electron chi connectivity index (χ0n) is 31.4. The second-order valence-electron chi connectivity index (χ2n) is 13.7. The molecule has 3 heterocycles. The van der Waals surface area contributed by atoms with E-state index < -0.39 is 7.14 Å². The van der Waals surface area contributed by atoms with Crippen molar-refractivity contribution in [1.82, 2.24) is 35.4 Å². The van der Waals surface area contributed by atoms with Gasteiger partial charge in [0.05, 0.1) is 13.2 Å². The van der Waals surface area contributed by atoms with Crippen LogP contribution in [0.1, 0.15) is 64.5 Å². The number of aliphatic imine (C=N–C) groups is 1. The first kappa shape index (κ1) is 40.5. The summed E-state index contributed by atoms with van der Waals surface area (Å²) in [5.74, 6) is 1.41. The van der Waals surface area contributed by atoms with Crippen molar-refractivity contribution in [3.8, 4) is 0 Å². The van der Waals surface area contributed by atoms with E-state index in [0.29, 0.717) is 38.3 Å². The molecule has 5 rings (SSSR count). The van der Waals surface area contributed by atoms with Crippen molar-refractivity contribution in [3.63, 3.8) is 0 Å². The van der Waals surface area contributed by atoms with Crippen LogP contribution in [0.3, 0.4) is 0 Å². The summed E-state index contributed by atoms with van der Waals surface area (Å²) < 4.78 is 26.6. The number of nitrogens with zero attached hydrogens (tertiary/aromatic N) is 6. The molecule has 0 bridgehead atoms. The molecule has 0 amide bonds. The second-order valence-corrected chi connectivity index (χ2v) is 18.3. The van der Waals surface area contributed by atoms with Gasteiger partial charge in [-0.25, -0.2) is 0 Å². The van der Waals surface area contributed by atoms with Gasteiger partial charge in [-0.2, -0.15) is 0 Å². The molecule has 2 fully saturated rings. The first-order valence-corrected chi connectivity index (χ1v) is 22.3. The Morgan fingerprint density at radius 1 is 1.17 bits per heavy atom. The van der Waals surface area contributed by atoms with E-state index >= 15 is 0 Å². The Morgan fingerprint density at radius 3 is 2.63 bits per heavy atom. The summed E-state index contributed by atoms with van der Waals surface area (Å²) in [7, 11) is 0.787. The Labute approximate surface area is 327 Å². The van der Waals surface area contributed by atoms with Crippen molar-refractivity contribution in [2.75, 3.05) is 59.8 Å². The minimum atomic E-state index is -2.74. The predicted octanol–water partition coefficient (Wildman–Crippen LogP) is 6.37. The third kappa shape index (κ3) is 10.7. The maximum atomic E-state index is 13.7. The number of amidine groups is 1. The number of likely N-dealkylation sites (tertiary alicyclic amines) is 1. The van der Waals surface area contributed by atoms with Crippen LogP contribution in [0.25, 0.3) is 5.57 Å². The van der Waals surface area contributed by atoms with E-state index in [2.05, 4.69) is 88.7 Å². The van der Waals surface area contributed by atoms with Gasteiger partial charge in [0, 0.05) is 0 Å². The molecule has 11 nitrogen and oxygen atoms in total. The number of ether oxygens (including phenoxy) is 2. The Bertz CT molecular complexity index is 1780. The SMILES string of the molecule is C[C-]=C(Br)C(=N[C](=[V])N/C1=C(\OC)CCC=C(N2CCCC(N3CCOCC3)CC2)C(CC)=C1)NC1=C(P(C)(C)=O)C=C(c2cnn(C)n2)CC=C1. The fraction of sp³-hybridized carbons (Fsp3) is 0.526. The van der Waals surface area contributed by atoms with E-state index in [9.17, 15) is 4.57 Å². The zero-order chi connectivity index (χ0) is 37.3. The average Bonchev–Trinajstić information content (AvgIpc) is 3.28. The molecule has 14 heteroatoms. The number of aryl methyl sites for hydroxylation is 1. The Balaban J connectivity index is 1.40. The number of halogens is 1. The van der Waals surface area contributed by atoms with Gasteiger partial charge in [0.15, 0.2) is 0 Å². The Hall–Kier alpha value is -2.73. The number of hydrogen-bond acceptors (Lipinski definition) is 9. The van der Waals surface area contributed by atoms with Crippen molar-refractivity contribution in [3.05, 3.63) is 86.6 Å². The summed E-state index contributed by atoms with van der Waals surface area (Å²) in [5.41, 5.74) is 5.91. The van der Waals surface area contributed by atoms with Crippen LogP contribution in [0.15, 0.2) is 79.8 Å². The van der Waals surface area contributed by atoms with Crippen LogP contribution in [-0.2, 0) is 38.1 Å². The number of hydrogen-bond donors (Lipinski definition) is 2. The molecule has 281 valence electrons. The molecular formula is C38H53BrN8O3PV-. The summed E-state index contributed by atoms with van der Waals surface area (Å²) in [6.45, 7) is 13.5. The van der Waals surface area contributed by atoms with E-state index in [1.54, 1.807) is 33.7 Å². The summed E-state index contributed by atoms with van der Waals surface area (Å²) in [6.07, 6.45) is 22.3. The van der Waals surface area contributed by atoms with Crippen LogP contribution in [-0.4, -0.2) is 101 Å².